The summed E-state index contributed by atoms with van der Waals surface area (Å²) in [5.41, 5.74) is 3.55. The van der Waals surface area contributed by atoms with Crippen molar-refractivity contribution in [1.29, 1.82) is 0 Å². The van der Waals surface area contributed by atoms with E-state index in [-0.39, 0.29) is 0 Å². The van der Waals surface area contributed by atoms with Crippen molar-refractivity contribution in [3.63, 3.8) is 0 Å². The first-order valence-electron chi connectivity index (χ1n) is 1.60. The highest BCUT2D eigenvalue weighted by molar-refractivity contribution is 9.11. The van der Waals surface area contributed by atoms with Gasteiger partial charge in [0, 0.05) is 6.08 Å². The van der Waals surface area contributed by atoms with Crippen molar-refractivity contribution in [2.45, 2.75) is 0 Å². The minimum Gasteiger partial charge on any atom is -0.142 e. The van der Waals surface area contributed by atoms with Crippen LogP contribution in [-0.4, -0.2) is 5.17 Å². The Morgan fingerprint density at radius 2 is 2.43 bits per heavy atom. The highest BCUT2D eigenvalue weighted by Gasteiger charge is 2.01. The Hall–Kier alpha value is -0.0200. The SMILES string of the molecule is ClC1=N[N]C(Br)=C1. The minimum absolute atomic E-state index is 0.423. The number of halogens is 2. The van der Waals surface area contributed by atoms with E-state index in [1.165, 1.54) is 0 Å². The predicted molar refractivity (Wildman–Crippen MR) is 32.4 cm³/mol. The molecular weight excluding hydrogens is 179 g/mol. The van der Waals surface area contributed by atoms with E-state index in [2.05, 4.69) is 26.5 Å². The lowest BCUT2D eigenvalue weighted by Crippen LogP contribution is -1.78. The summed E-state index contributed by atoms with van der Waals surface area (Å²) in [6, 6.07) is 0. The van der Waals surface area contributed by atoms with Gasteiger partial charge in [0.2, 0.25) is 0 Å². The largest absolute Gasteiger partial charge is 0.154 e. The first-order chi connectivity index (χ1) is 3.29. The van der Waals surface area contributed by atoms with E-state index in [0.717, 1.165) is 0 Å². The molecule has 0 saturated heterocycles. The fourth-order valence-corrected chi connectivity index (χ4v) is 0.821. The standard InChI is InChI=1S/C3HBrClN2/c4-2-1-3(5)7-6-2/h1H. The van der Waals surface area contributed by atoms with Gasteiger partial charge in [0.15, 0.2) is 5.17 Å². The summed E-state index contributed by atoms with van der Waals surface area (Å²) in [5.74, 6) is 0. The summed E-state index contributed by atoms with van der Waals surface area (Å²) >= 11 is 8.43. The van der Waals surface area contributed by atoms with Crippen LogP contribution >= 0.6 is 27.5 Å². The molecular formula is C3HBrClN2. The van der Waals surface area contributed by atoms with Crippen LogP contribution in [0.4, 0.5) is 0 Å². The summed E-state index contributed by atoms with van der Waals surface area (Å²) in [6.45, 7) is 0. The topological polar surface area (TPSA) is 26.5 Å². The van der Waals surface area contributed by atoms with Gasteiger partial charge in [-0.25, -0.2) is 0 Å². The third kappa shape index (κ3) is 1.17. The molecule has 0 atom stereocenters. The second kappa shape index (κ2) is 1.84. The van der Waals surface area contributed by atoms with Crippen molar-refractivity contribution in [2.24, 2.45) is 5.10 Å². The fourth-order valence-electron chi connectivity index (χ4n) is 0.252. The Balaban J connectivity index is 2.69. The molecule has 0 aromatic heterocycles. The summed E-state index contributed by atoms with van der Waals surface area (Å²) in [7, 11) is 0. The normalized spacial score (nSPS) is 18.0. The quantitative estimate of drug-likeness (QED) is 0.504. The number of hydrogen-bond acceptors (Lipinski definition) is 1. The molecule has 4 heteroatoms. The van der Waals surface area contributed by atoms with Gasteiger partial charge in [-0.1, -0.05) is 11.6 Å². The van der Waals surface area contributed by atoms with Crippen LogP contribution in [0.3, 0.4) is 0 Å². The molecule has 1 radical (unpaired) electrons. The molecule has 0 spiro atoms. The average Bonchev–Trinajstić information content (AvgIpc) is 1.87. The van der Waals surface area contributed by atoms with Crippen LogP contribution in [0.1, 0.15) is 0 Å². The molecule has 0 fully saturated rings. The van der Waals surface area contributed by atoms with Crippen LogP contribution in [0.5, 0.6) is 0 Å². The Bertz CT molecular complexity index is 140. The zero-order chi connectivity index (χ0) is 5.28. The van der Waals surface area contributed by atoms with Gasteiger partial charge in [0.1, 0.15) is 4.61 Å². The zero-order valence-corrected chi connectivity index (χ0v) is 5.57. The van der Waals surface area contributed by atoms with Crippen LogP contribution in [0, 0.1) is 0 Å². The smallest absolute Gasteiger partial charge is 0.142 e. The summed E-state index contributed by atoms with van der Waals surface area (Å²) in [4.78, 5) is 0. The van der Waals surface area contributed by atoms with Crippen LogP contribution in [-0.2, 0) is 0 Å². The number of hydrogen-bond donors (Lipinski definition) is 0. The second-order valence-corrected chi connectivity index (χ2v) is 2.19. The second-order valence-electron chi connectivity index (χ2n) is 0.990. The Morgan fingerprint density at radius 1 is 1.71 bits per heavy atom. The molecule has 0 unspecified atom stereocenters. The van der Waals surface area contributed by atoms with Crippen LogP contribution in [0.25, 0.3) is 0 Å². The van der Waals surface area contributed by atoms with Gasteiger partial charge in [0.25, 0.3) is 0 Å². The highest BCUT2D eigenvalue weighted by atomic mass is 79.9. The molecule has 1 heterocycles. The van der Waals surface area contributed by atoms with Crippen LogP contribution in [0.2, 0.25) is 0 Å². The third-order valence-corrected chi connectivity index (χ3v) is 1.05. The maximum absolute atomic E-state index is 5.36. The van der Waals surface area contributed by atoms with Crippen molar-refractivity contribution in [1.82, 2.24) is 5.43 Å². The van der Waals surface area contributed by atoms with Gasteiger partial charge in [-0.15, -0.1) is 10.5 Å². The maximum atomic E-state index is 5.36. The van der Waals surface area contributed by atoms with E-state index in [0.29, 0.717) is 9.78 Å². The Morgan fingerprint density at radius 3 is 2.57 bits per heavy atom. The predicted octanol–water partition coefficient (Wildman–Crippen LogP) is 1.39. The van der Waals surface area contributed by atoms with Crippen LogP contribution in [0.15, 0.2) is 15.8 Å². The molecule has 7 heavy (non-hydrogen) atoms. The lowest BCUT2D eigenvalue weighted by Gasteiger charge is -1.75. The zero-order valence-electron chi connectivity index (χ0n) is 3.23. The van der Waals surface area contributed by atoms with Gasteiger partial charge < -0.3 is 0 Å². The summed E-state index contributed by atoms with van der Waals surface area (Å²) in [5, 5.41) is 3.91. The van der Waals surface area contributed by atoms with Gasteiger partial charge >= 0.3 is 0 Å². The van der Waals surface area contributed by atoms with Crippen molar-refractivity contribution < 1.29 is 0 Å². The molecule has 0 bridgehead atoms. The van der Waals surface area contributed by atoms with Gasteiger partial charge in [-0.05, 0) is 15.9 Å². The highest BCUT2D eigenvalue weighted by Crippen LogP contribution is 2.09. The maximum Gasteiger partial charge on any atom is 0.154 e. The fraction of sp³-hybridized carbons (Fsp3) is 0. The number of allylic oxidation sites excluding steroid dienone is 1. The van der Waals surface area contributed by atoms with E-state index in [1.54, 1.807) is 6.08 Å². The lowest BCUT2D eigenvalue weighted by atomic mass is 10.7. The molecule has 0 amide bonds. The molecule has 1 rings (SSSR count). The molecule has 0 aromatic carbocycles. The minimum atomic E-state index is 0.423. The van der Waals surface area contributed by atoms with Crippen molar-refractivity contribution in [2.75, 3.05) is 0 Å². The molecule has 1 aliphatic heterocycles. The van der Waals surface area contributed by atoms with E-state index >= 15 is 0 Å². The van der Waals surface area contributed by atoms with Gasteiger partial charge in [0.05, 0.1) is 0 Å². The molecule has 0 saturated carbocycles. The van der Waals surface area contributed by atoms with Gasteiger partial charge in [-0.2, -0.15) is 0 Å². The number of nitrogens with zero attached hydrogens (tertiary/aromatic N) is 2. The Kier molecular flexibility index (Phi) is 1.35. The monoisotopic (exact) mass is 179 g/mol. The van der Waals surface area contributed by atoms with Crippen molar-refractivity contribution in [3.8, 4) is 0 Å². The molecule has 1 aliphatic rings. The first kappa shape index (κ1) is 5.12. The molecule has 0 aromatic rings. The lowest BCUT2D eigenvalue weighted by molar-refractivity contribution is 0.962. The molecule has 0 N–H and O–H groups in total. The van der Waals surface area contributed by atoms with E-state index < -0.39 is 0 Å². The Labute approximate surface area is 54.4 Å². The number of rotatable bonds is 0. The summed E-state index contributed by atoms with van der Waals surface area (Å²) in [6.07, 6.45) is 1.63. The third-order valence-electron chi connectivity index (χ3n) is 0.479. The average molecular weight is 180 g/mol. The van der Waals surface area contributed by atoms with E-state index in [4.69, 9.17) is 11.6 Å². The van der Waals surface area contributed by atoms with Crippen molar-refractivity contribution in [3.05, 3.63) is 10.7 Å². The van der Waals surface area contributed by atoms with Crippen molar-refractivity contribution >= 4 is 32.7 Å². The van der Waals surface area contributed by atoms with E-state index in [9.17, 15) is 0 Å². The van der Waals surface area contributed by atoms with Gasteiger partial charge in [-0.3, -0.25) is 0 Å². The summed E-state index contributed by atoms with van der Waals surface area (Å²) < 4.78 is 0.678. The molecule has 2 nitrogen and oxygen atoms in total. The van der Waals surface area contributed by atoms with Crippen LogP contribution < -0.4 is 5.43 Å². The molecule has 0 aliphatic carbocycles. The first-order valence-corrected chi connectivity index (χ1v) is 2.77. The molecule has 37 valence electrons. The van der Waals surface area contributed by atoms with E-state index in [1.807, 2.05) is 0 Å².